The van der Waals surface area contributed by atoms with Gasteiger partial charge in [0.15, 0.2) is 6.29 Å². The van der Waals surface area contributed by atoms with Crippen molar-refractivity contribution in [2.24, 2.45) is 0 Å². The molecule has 0 spiro atoms. The van der Waals surface area contributed by atoms with Crippen molar-refractivity contribution in [2.75, 3.05) is 19.8 Å². The fraction of sp³-hybridized carbons (Fsp3) is 1.00. The van der Waals surface area contributed by atoms with E-state index in [2.05, 4.69) is 0 Å². The third-order valence-electron chi connectivity index (χ3n) is 1.52. The number of hydrogen-bond donors (Lipinski definition) is 0. The van der Waals surface area contributed by atoms with Gasteiger partial charge in [0.2, 0.25) is 0 Å². The Balaban J connectivity index is 0.000001000. The average Bonchev–Trinajstić information content (AvgIpc) is 2.03. The van der Waals surface area contributed by atoms with E-state index in [9.17, 15) is 5.11 Å². The molecule has 60 valence electrons. The topological polar surface area (TPSA) is 41.5 Å². The molecule has 0 saturated carbocycles. The molecule has 0 radical (unpaired) electrons. The van der Waals surface area contributed by atoms with Gasteiger partial charge >= 0.3 is 29.6 Å². The van der Waals surface area contributed by atoms with Crippen LogP contribution in [0, 0.1) is 0 Å². The first-order chi connectivity index (χ1) is 4.93. The van der Waals surface area contributed by atoms with Crippen molar-refractivity contribution in [3.05, 3.63) is 0 Å². The Kier molecular flexibility index (Phi) is 8.13. The molecule has 1 atom stereocenters. The molecule has 1 heterocycles. The third-order valence-corrected chi connectivity index (χ3v) is 1.52. The van der Waals surface area contributed by atoms with Gasteiger partial charge in [-0.2, -0.15) is 0 Å². The zero-order valence-electron chi connectivity index (χ0n) is 7.04. The molecule has 4 heteroatoms. The molecule has 0 aromatic heterocycles. The number of hydrogen-bond acceptors (Lipinski definition) is 3. The molecule has 0 aromatic rings. The molecule has 1 aliphatic heterocycles. The van der Waals surface area contributed by atoms with E-state index in [0.717, 1.165) is 25.9 Å². The summed E-state index contributed by atoms with van der Waals surface area (Å²) in [6, 6.07) is 0. The Bertz CT molecular complexity index is 83.8. The molecule has 1 rings (SSSR count). The molecule has 0 bridgehead atoms. The van der Waals surface area contributed by atoms with Gasteiger partial charge in [-0.25, -0.2) is 0 Å². The number of rotatable bonds is 3. The van der Waals surface area contributed by atoms with E-state index in [4.69, 9.17) is 9.47 Å². The molecule has 3 nitrogen and oxygen atoms in total. The first kappa shape index (κ1) is 11.9. The van der Waals surface area contributed by atoms with Gasteiger partial charge in [-0.1, -0.05) is 0 Å². The molecule has 0 amide bonds. The first-order valence-electron chi connectivity index (χ1n) is 3.75. The fourth-order valence-electron chi connectivity index (χ4n) is 1.02. The van der Waals surface area contributed by atoms with Crippen LogP contribution in [0.15, 0.2) is 0 Å². The van der Waals surface area contributed by atoms with E-state index in [1.54, 1.807) is 0 Å². The summed E-state index contributed by atoms with van der Waals surface area (Å²) in [4.78, 5) is 0. The van der Waals surface area contributed by atoms with Crippen molar-refractivity contribution in [1.29, 1.82) is 0 Å². The summed E-state index contributed by atoms with van der Waals surface area (Å²) in [6.45, 7) is 0.897. The van der Waals surface area contributed by atoms with Crippen molar-refractivity contribution in [2.45, 2.75) is 25.6 Å². The van der Waals surface area contributed by atoms with E-state index in [1.807, 2.05) is 0 Å². The zero-order chi connectivity index (χ0) is 7.23. The molecule has 11 heavy (non-hydrogen) atoms. The fourth-order valence-corrected chi connectivity index (χ4v) is 1.02. The minimum absolute atomic E-state index is 0. The molecule has 0 N–H and O–H groups in total. The monoisotopic (exact) mass is 168 g/mol. The first-order valence-corrected chi connectivity index (χ1v) is 3.75. The molecule has 0 aliphatic carbocycles. The van der Waals surface area contributed by atoms with Gasteiger partial charge in [-0.05, 0) is 19.3 Å². The summed E-state index contributed by atoms with van der Waals surface area (Å²) in [5.41, 5.74) is 0. The Morgan fingerprint density at radius 2 is 2.27 bits per heavy atom. The average molecular weight is 168 g/mol. The van der Waals surface area contributed by atoms with Crippen LogP contribution in [-0.4, -0.2) is 26.1 Å². The van der Waals surface area contributed by atoms with Gasteiger partial charge in [0.1, 0.15) is 0 Å². The maximum atomic E-state index is 9.99. The Labute approximate surface area is 89.4 Å². The van der Waals surface area contributed by atoms with Crippen molar-refractivity contribution < 1.29 is 44.1 Å². The SMILES string of the molecule is [Na+].[O-]CCOC1CCCCO1. The van der Waals surface area contributed by atoms with Crippen molar-refractivity contribution >= 4 is 0 Å². The van der Waals surface area contributed by atoms with Gasteiger partial charge in [0.05, 0.1) is 0 Å². The predicted molar refractivity (Wildman–Crippen MR) is 34.4 cm³/mol. The summed E-state index contributed by atoms with van der Waals surface area (Å²) in [7, 11) is 0. The van der Waals surface area contributed by atoms with Crippen LogP contribution in [0.4, 0.5) is 0 Å². The van der Waals surface area contributed by atoms with E-state index in [-0.39, 0.29) is 49.1 Å². The minimum Gasteiger partial charge on any atom is -0.853 e. The van der Waals surface area contributed by atoms with Crippen molar-refractivity contribution in [3.8, 4) is 0 Å². The molecule has 1 aliphatic rings. The second-order valence-electron chi connectivity index (χ2n) is 2.37. The van der Waals surface area contributed by atoms with Crippen LogP contribution in [0.5, 0.6) is 0 Å². The summed E-state index contributed by atoms with van der Waals surface area (Å²) in [5, 5.41) is 9.99. The normalized spacial score (nSPS) is 24.3. The second kappa shape index (κ2) is 7.53. The van der Waals surface area contributed by atoms with E-state index in [0.29, 0.717) is 0 Å². The largest absolute Gasteiger partial charge is 1.00 e. The van der Waals surface area contributed by atoms with E-state index >= 15 is 0 Å². The van der Waals surface area contributed by atoms with Crippen LogP contribution in [0.1, 0.15) is 19.3 Å². The minimum atomic E-state index is -0.167. The van der Waals surface area contributed by atoms with Crippen molar-refractivity contribution in [3.63, 3.8) is 0 Å². The Morgan fingerprint density at radius 1 is 1.45 bits per heavy atom. The summed E-state index contributed by atoms with van der Waals surface area (Å²) in [5.74, 6) is 0. The van der Waals surface area contributed by atoms with Crippen LogP contribution in [0.3, 0.4) is 0 Å². The maximum absolute atomic E-state index is 9.99. The standard InChI is InChI=1S/C7H13O3.Na/c8-4-6-10-7-3-1-2-5-9-7;/h7H,1-6H2;/q-1;+1. The predicted octanol–water partition coefficient (Wildman–Crippen LogP) is -3.11. The quantitative estimate of drug-likeness (QED) is 0.419. The van der Waals surface area contributed by atoms with Gasteiger partial charge in [0.25, 0.3) is 0 Å². The molecule has 0 aromatic carbocycles. The molecular formula is C7H13NaO3. The van der Waals surface area contributed by atoms with Crippen LogP contribution in [-0.2, 0) is 9.47 Å². The van der Waals surface area contributed by atoms with Gasteiger partial charge in [0, 0.05) is 13.2 Å². The Hall–Kier alpha value is 0.880. The molecule has 1 fully saturated rings. The summed E-state index contributed by atoms with van der Waals surface area (Å²) < 4.78 is 10.3. The van der Waals surface area contributed by atoms with Crippen molar-refractivity contribution in [1.82, 2.24) is 0 Å². The van der Waals surface area contributed by atoms with Crippen LogP contribution in [0.2, 0.25) is 0 Å². The van der Waals surface area contributed by atoms with E-state index in [1.165, 1.54) is 0 Å². The molecule has 1 unspecified atom stereocenters. The van der Waals surface area contributed by atoms with Crippen LogP contribution in [0.25, 0.3) is 0 Å². The Morgan fingerprint density at radius 3 is 2.82 bits per heavy atom. The summed E-state index contributed by atoms with van der Waals surface area (Å²) in [6.07, 6.45) is 3.13. The second-order valence-corrected chi connectivity index (χ2v) is 2.37. The number of ether oxygens (including phenoxy) is 2. The molecule has 1 saturated heterocycles. The van der Waals surface area contributed by atoms with Crippen LogP contribution >= 0.6 is 0 Å². The van der Waals surface area contributed by atoms with Crippen LogP contribution < -0.4 is 34.7 Å². The smallest absolute Gasteiger partial charge is 0.853 e. The molecular weight excluding hydrogens is 155 g/mol. The zero-order valence-corrected chi connectivity index (χ0v) is 9.04. The van der Waals surface area contributed by atoms with Gasteiger partial charge < -0.3 is 14.6 Å². The summed E-state index contributed by atoms with van der Waals surface area (Å²) >= 11 is 0. The van der Waals surface area contributed by atoms with E-state index < -0.39 is 0 Å². The maximum Gasteiger partial charge on any atom is 1.00 e. The third kappa shape index (κ3) is 5.17. The van der Waals surface area contributed by atoms with Gasteiger partial charge in [-0.15, -0.1) is 6.61 Å². The van der Waals surface area contributed by atoms with Gasteiger partial charge in [-0.3, -0.25) is 0 Å².